The molecule has 16 heavy (non-hydrogen) atoms. The molecule has 1 aromatic rings. The monoisotopic (exact) mass is 220 g/mol. The topological polar surface area (TPSA) is 25.8 Å². The van der Waals surface area contributed by atoms with Crippen LogP contribution in [0.5, 0.6) is 0 Å². The Hall–Kier alpha value is -0.920. The molecule has 90 valence electrons. The van der Waals surface area contributed by atoms with Gasteiger partial charge in [0.25, 0.3) is 0 Å². The van der Waals surface area contributed by atoms with E-state index in [0.717, 1.165) is 36.1 Å². The fraction of sp³-hybridized carbons (Fsp3) is 0.714. The minimum Gasteiger partial charge on any atom is -0.155 e. The van der Waals surface area contributed by atoms with Gasteiger partial charge in [0.1, 0.15) is 0 Å². The van der Waals surface area contributed by atoms with Crippen molar-refractivity contribution in [1.82, 2.24) is 10.2 Å². The van der Waals surface area contributed by atoms with Crippen molar-refractivity contribution < 1.29 is 0 Å². The summed E-state index contributed by atoms with van der Waals surface area (Å²) >= 11 is 0. The number of hydrogen-bond acceptors (Lipinski definition) is 2. The van der Waals surface area contributed by atoms with E-state index in [4.69, 9.17) is 0 Å². The van der Waals surface area contributed by atoms with Gasteiger partial charge in [0.2, 0.25) is 0 Å². The van der Waals surface area contributed by atoms with Crippen LogP contribution in [0.3, 0.4) is 0 Å². The summed E-state index contributed by atoms with van der Waals surface area (Å²) in [6.45, 7) is 8.96. The average Bonchev–Trinajstić information content (AvgIpc) is 2.25. The van der Waals surface area contributed by atoms with Crippen LogP contribution in [-0.4, -0.2) is 10.2 Å². The Labute approximate surface area is 99.5 Å². The lowest BCUT2D eigenvalue weighted by Gasteiger charge is -2.05. The Balaban J connectivity index is 2.41. The molecule has 2 nitrogen and oxygen atoms in total. The molecule has 0 radical (unpaired) electrons. The molecule has 0 aliphatic heterocycles. The van der Waals surface area contributed by atoms with E-state index in [2.05, 4.69) is 50.0 Å². The molecule has 2 heteroatoms. The van der Waals surface area contributed by atoms with E-state index < -0.39 is 0 Å². The molecule has 0 N–H and O–H groups in total. The maximum Gasteiger partial charge on any atom is 0.0631 e. The lowest BCUT2D eigenvalue weighted by Crippen LogP contribution is -2.01. The molecule has 0 saturated heterocycles. The highest BCUT2D eigenvalue weighted by atomic mass is 15.1. The number of rotatable bonds is 6. The van der Waals surface area contributed by atoms with Crippen molar-refractivity contribution in [2.75, 3.05) is 0 Å². The smallest absolute Gasteiger partial charge is 0.0631 e. The molecule has 1 aromatic heterocycles. The zero-order valence-electron chi connectivity index (χ0n) is 11.0. The fourth-order valence-electron chi connectivity index (χ4n) is 1.53. The first-order valence-electron chi connectivity index (χ1n) is 6.39. The molecule has 0 atom stereocenters. The normalized spacial score (nSPS) is 11.4. The van der Waals surface area contributed by atoms with Crippen molar-refractivity contribution in [3.63, 3.8) is 0 Å². The third-order valence-corrected chi connectivity index (χ3v) is 2.73. The fourth-order valence-corrected chi connectivity index (χ4v) is 1.53. The zero-order valence-corrected chi connectivity index (χ0v) is 11.0. The van der Waals surface area contributed by atoms with Gasteiger partial charge in [0.15, 0.2) is 0 Å². The molecule has 0 aliphatic carbocycles. The van der Waals surface area contributed by atoms with Crippen LogP contribution < -0.4 is 0 Å². The van der Waals surface area contributed by atoms with Crippen LogP contribution in [0.2, 0.25) is 0 Å². The zero-order chi connectivity index (χ0) is 12.0. The Morgan fingerprint density at radius 1 is 0.812 bits per heavy atom. The van der Waals surface area contributed by atoms with Crippen molar-refractivity contribution in [2.24, 2.45) is 11.8 Å². The minimum absolute atomic E-state index is 0.738. The van der Waals surface area contributed by atoms with Crippen molar-refractivity contribution >= 4 is 0 Å². The molecule has 0 spiro atoms. The Morgan fingerprint density at radius 3 is 1.44 bits per heavy atom. The van der Waals surface area contributed by atoms with E-state index >= 15 is 0 Å². The highest BCUT2D eigenvalue weighted by Crippen LogP contribution is 2.09. The summed E-state index contributed by atoms with van der Waals surface area (Å²) in [6, 6.07) is 4.26. The molecule has 0 amide bonds. The van der Waals surface area contributed by atoms with E-state index in [9.17, 15) is 0 Å². The predicted molar refractivity (Wildman–Crippen MR) is 68.4 cm³/mol. The molecule has 0 bridgehead atoms. The Morgan fingerprint density at radius 2 is 1.19 bits per heavy atom. The van der Waals surface area contributed by atoms with Crippen LogP contribution in [0, 0.1) is 11.8 Å². The van der Waals surface area contributed by atoms with E-state index in [1.54, 1.807) is 0 Å². The second kappa shape index (κ2) is 6.62. The summed E-state index contributed by atoms with van der Waals surface area (Å²) < 4.78 is 0. The first-order chi connectivity index (χ1) is 7.58. The summed E-state index contributed by atoms with van der Waals surface area (Å²) in [5.74, 6) is 1.48. The molecule has 0 unspecified atom stereocenters. The number of hydrogen-bond donors (Lipinski definition) is 0. The average molecular weight is 220 g/mol. The lowest BCUT2D eigenvalue weighted by molar-refractivity contribution is 0.568. The maximum atomic E-state index is 4.28. The molecule has 1 heterocycles. The van der Waals surface area contributed by atoms with Crippen molar-refractivity contribution in [3.8, 4) is 0 Å². The highest BCUT2D eigenvalue weighted by molar-refractivity contribution is 5.07. The SMILES string of the molecule is CC(C)CCc1ccc(CCC(C)C)nn1. The van der Waals surface area contributed by atoms with Gasteiger partial charge >= 0.3 is 0 Å². The Kier molecular flexibility index (Phi) is 5.44. The van der Waals surface area contributed by atoms with Crippen LogP contribution in [0.15, 0.2) is 12.1 Å². The van der Waals surface area contributed by atoms with E-state index in [1.807, 2.05) is 0 Å². The van der Waals surface area contributed by atoms with Crippen molar-refractivity contribution in [3.05, 3.63) is 23.5 Å². The van der Waals surface area contributed by atoms with Gasteiger partial charge in [-0.05, 0) is 49.7 Å². The quantitative estimate of drug-likeness (QED) is 0.731. The van der Waals surface area contributed by atoms with Gasteiger partial charge in [-0.2, -0.15) is 10.2 Å². The molecular formula is C14H24N2. The summed E-state index contributed by atoms with van der Waals surface area (Å²) in [4.78, 5) is 0. The molecule has 1 rings (SSSR count). The van der Waals surface area contributed by atoms with E-state index in [-0.39, 0.29) is 0 Å². The third kappa shape index (κ3) is 5.24. The summed E-state index contributed by atoms with van der Waals surface area (Å²) in [7, 11) is 0. The molecule has 0 aromatic carbocycles. The summed E-state index contributed by atoms with van der Waals surface area (Å²) in [6.07, 6.45) is 4.49. The van der Waals surface area contributed by atoms with Gasteiger partial charge < -0.3 is 0 Å². The number of aryl methyl sites for hydroxylation is 2. The largest absolute Gasteiger partial charge is 0.155 e. The van der Waals surface area contributed by atoms with Gasteiger partial charge in [0.05, 0.1) is 11.4 Å². The van der Waals surface area contributed by atoms with Gasteiger partial charge in [-0.25, -0.2) is 0 Å². The summed E-state index contributed by atoms with van der Waals surface area (Å²) in [5.41, 5.74) is 2.25. The predicted octanol–water partition coefficient (Wildman–Crippen LogP) is 3.65. The van der Waals surface area contributed by atoms with Gasteiger partial charge in [-0.15, -0.1) is 0 Å². The summed E-state index contributed by atoms with van der Waals surface area (Å²) in [5, 5.41) is 8.56. The number of nitrogens with zero attached hydrogens (tertiary/aromatic N) is 2. The van der Waals surface area contributed by atoms with E-state index in [1.165, 1.54) is 12.8 Å². The first-order valence-corrected chi connectivity index (χ1v) is 6.39. The van der Waals surface area contributed by atoms with Gasteiger partial charge in [0, 0.05) is 0 Å². The van der Waals surface area contributed by atoms with Crippen LogP contribution in [0.1, 0.15) is 51.9 Å². The van der Waals surface area contributed by atoms with Crippen LogP contribution in [-0.2, 0) is 12.8 Å². The molecule has 0 aliphatic rings. The maximum absolute atomic E-state index is 4.28. The minimum atomic E-state index is 0.738. The number of aromatic nitrogens is 2. The molecule has 0 fully saturated rings. The second-order valence-electron chi connectivity index (χ2n) is 5.38. The van der Waals surface area contributed by atoms with Gasteiger partial charge in [-0.1, -0.05) is 27.7 Å². The molecule has 0 saturated carbocycles. The van der Waals surface area contributed by atoms with Gasteiger partial charge in [-0.3, -0.25) is 0 Å². The Bertz CT molecular complexity index is 257. The first kappa shape index (κ1) is 13.1. The van der Waals surface area contributed by atoms with Crippen LogP contribution >= 0.6 is 0 Å². The van der Waals surface area contributed by atoms with Crippen LogP contribution in [0.25, 0.3) is 0 Å². The molecular weight excluding hydrogens is 196 g/mol. The van der Waals surface area contributed by atoms with Crippen molar-refractivity contribution in [2.45, 2.75) is 53.4 Å². The lowest BCUT2D eigenvalue weighted by atomic mass is 10.0. The third-order valence-electron chi connectivity index (χ3n) is 2.73. The second-order valence-corrected chi connectivity index (χ2v) is 5.38. The van der Waals surface area contributed by atoms with Crippen LogP contribution in [0.4, 0.5) is 0 Å². The standard InChI is InChI=1S/C14H24N2/c1-11(2)5-7-13-9-10-14(16-15-13)8-6-12(3)4/h9-12H,5-8H2,1-4H3. The highest BCUT2D eigenvalue weighted by Gasteiger charge is 2.01. The van der Waals surface area contributed by atoms with E-state index in [0.29, 0.717) is 0 Å². The van der Waals surface area contributed by atoms with Crippen molar-refractivity contribution in [1.29, 1.82) is 0 Å².